The van der Waals surface area contributed by atoms with Crippen molar-refractivity contribution in [2.24, 2.45) is 11.7 Å². The quantitative estimate of drug-likeness (QED) is 0.152. The van der Waals surface area contributed by atoms with Crippen molar-refractivity contribution in [3.05, 3.63) is 48.0 Å². The van der Waals surface area contributed by atoms with Crippen molar-refractivity contribution < 1.29 is 29.4 Å². The lowest BCUT2D eigenvalue weighted by atomic mass is 9.98. The molecule has 0 saturated heterocycles. The van der Waals surface area contributed by atoms with Crippen LogP contribution in [0.3, 0.4) is 0 Å². The zero-order chi connectivity index (χ0) is 27.5. The summed E-state index contributed by atoms with van der Waals surface area (Å²) in [6.07, 6.45) is 3.64. The largest absolute Gasteiger partial charge is 0.508 e. The minimum Gasteiger partial charge on any atom is -0.508 e. The van der Waals surface area contributed by atoms with Crippen molar-refractivity contribution in [1.82, 2.24) is 25.9 Å². The standard InChI is InChI=1S/C24H34N6O6S/c1-3-13(2)20(25)23(34)29-18(9-15-10-26-12-27-15)22(33)28-17(8-14-4-6-16(31)7-5-14)21(32)30-19(11-37)24(35)36/h4-7,10,12-13,17-20,31,37H,3,8-9,11,25H2,1-2H3,(H,26,27)(H,28,33)(H,29,34)(H,30,32)(H,35,36). The van der Waals surface area contributed by atoms with Crippen molar-refractivity contribution in [3.63, 3.8) is 0 Å². The summed E-state index contributed by atoms with van der Waals surface area (Å²) in [4.78, 5) is 57.4. The van der Waals surface area contributed by atoms with Gasteiger partial charge in [0.1, 0.15) is 23.9 Å². The molecule has 0 aliphatic rings. The number of hydrogen-bond donors (Lipinski definition) is 8. The van der Waals surface area contributed by atoms with Crippen LogP contribution < -0.4 is 21.7 Å². The number of phenols is 1. The Labute approximate surface area is 220 Å². The van der Waals surface area contributed by atoms with Crippen LogP contribution in [0.15, 0.2) is 36.8 Å². The van der Waals surface area contributed by atoms with E-state index in [4.69, 9.17) is 5.73 Å². The number of amides is 3. The Kier molecular flexibility index (Phi) is 11.4. The molecule has 13 heteroatoms. The number of hydrogen-bond acceptors (Lipinski definition) is 8. The number of carboxylic acids is 1. The van der Waals surface area contributed by atoms with E-state index in [1.165, 1.54) is 24.7 Å². The van der Waals surface area contributed by atoms with E-state index in [1.54, 1.807) is 12.1 Å². The van der Waals surface area contributed by atoms with Crippen molar-refractivity contribution >= 4 is 36.3 Å². The lowest BCUT2D eigenvalue weighted by Gasteiger charge is -2.26. The van der Waals surface area contributed by atoms with Crippen LogP contribution in [0.5, 0.6) is 5.75 Å². The third-order valence-electron chi connectivity index (χ3n) is 5.98. The Hall–Kier alpha value is -3.58. The predicted octanol–water partition coefficient (Wildman–Crippen LogP) is -0.257. The molecule has 12 nitrogen and oxygen atoms in total. The molecule has 202 valence electrons. The molecule has 1 heterocycles. The number of benzene rings is 1. The van der Waals surface area contributed by atoms with Crippen molar-refractivity contribution in [1.29, 1.82) is 0 Å². The van der Waals surface area contributed by atoms with Gasteiger partial charge in [0.2, 0.25) is 17.7 Å². The highest BCUT2D eigenvalue weighted by Gasteiger charge is 2.31. The Morgan fingerprint density at radius 2 is 1.57 bits per heavy atom. The lowest BCUT2D eigenvalue weighted by Crippen LogP contribution is -2.58. The Morgan fingerprint density at radius 3 is 2.08 bits per heavy atom. The normalized spacial score (nSPS) is 15.0. The summed E-state index contributed by atoms with van der Waals surface area (Å²) in [6.45, 7) is 3.72. The summed E-state index contributed by atoms with van der Waals surface area (Å²) in [6, 6.07) is 1.60. The smallest absolute Gasteiger partial charge is 0.327 e. The van der Waals surface area contributed by atoms with E-state index in [1.807, 2.05) is 13.8 Å². The molecule has 0 radical (unpaired) electrons. The van der Waals surface area contributed by atoms with E-state index in [9.17, 15) is 29.4 Å². The fraction of sp³-hybridized carbons (Fsp3) is 0.458. The van der Waals surface area contributed by atoms with Gasteiger partial charge in [-0.15, -0.1) is 0 Å². The maximum absolute atomic E-state index is 13.4. The average Bonchev–Trinajstić information content (AvgIpc) is 3.39. The van der Waals surface area contributed by atoms with Gasteiger partial charge in [0.15, 0.2) is 0 Å². The second-order valence-electron chi connectivity index (χ2n) is 8.77. The van der Waals surface area contributed by atoms with Crippen LogP contribution in [0.1, 0.15) is 31.5 Å². The monoisotopic (exact) mass is 534 g/mol. The van der Waals surface area contributed by atoms with Crippen LogP contribution in [-0.2, 0) is 32.0 Å². The molecule has 8 N–H and O–H groups in total. The number of nitrogens with two attached hydrogens (primary N) is 1. The SMILES string of the molecule is CCC(C)C(N)C(=O)NC(Cc1cnc[nH]1)C(=O)NC(Cc1ccc(O)cc1)C(=O)NC(CS)C(=O)O. The van der Waals surface area contributed by atoms with E-state index in [0.717, 1.165) is 0 Å². The zero-order valence-electron chi connectivity index (χ0n) is 20.7. The Balaban J connectivity index is 2.28. The summed E-state index contributed by atoms with van der Waals surface area (Å²) >= 11 is 3.96. The molecule has 0 aliphatic carbocycles. The number of thiol groups is 1. The van der Waals surface area contributed by atoms with Gasteiger partial charge in [0.25, 0.3) is 0 Å². The zero-order valence-corrected chi connectivity index (χ0v) is 21.6. The molecule has 2 rings (SSSR count). The van der Waals surface area contributed by atoms with Gasteiger partial charge in [-0.3, -0.25) is 14.4 Å². The molecule has 5 atom stereocenters. The summed E-state index contributed by atoms with van der Waals surface area (Å²) < 4.78 is 0. The van der Waals surface area contributed by atoms with Gasteiger partial charge >= 0.3 is 5.97 Å². The van der Waals surface area contributed by atoms with Crippen LogP contribution in [0.2, 0.25) is 0 Å². The molecule has 5 unspecified atom stereocenters. The first-order valence-electron chi connectivity index (χ1n) is 11.8. The number of nitrogens with one attached hydrogen (secondary N) is 4. The molecule has 1 aromatic heterocycles. The van der Waals surface area contributed by atoms with Crippen LogP contribution >= 0.6 is 12.6 Å². The second-order valence-corrected chi connectivity index (χ2v) is 9.13. The molecule has 0 aliphatic heterocycles. The maximum Gasteiger partial charge on any atom is 0.327 e. The number of nitrogens with zero attached hydrogens (tertiary/aromatic N) is 1. The van der Waals surface area contributed by atoms with Gasteiger partial charge in [0.05, 0.1) is 12.4 Å². The van der Waals surface area contributed by atoms with Gasteiger partial charge in [-0.05, 0) is 23.6 Å². The van der Waals surface area contributed by atoms with Crippen LogP contribution in [0.25, 0.3) is 0 Å². The number of aromatic hydroxyl groups is 1. The number of rotatable bonds is 14. The number of aliphatic carboxylic acids is 1. The number of imidazole rings is 1. The summed E-state index contributed by atoms with van der Waals surface area (Å²) in [5.74, 6) is -3.47. The van der Waals surface area contributed by atoms with Gasteiger partial charge in [-0.1, -0.05) is 32.4 Å². The van der Waals surface area contributed by atoms with E-state index in [0.29, 0.717) is 17.7 Å². The van der Waals surface area contributed by atoms with Gasteiger partial charge < -0.3 is 36.9 Å². The number of H-pyrrole nitrogens is 1. The first-order chi connectivity index (χ1) is 17.5. The molecule has 0 bridgehead atoms. The predicted molar refractivity (Wildman–Crippen MR) is 139 cm³/mol. The fourth-order valence-electron chi connectivity index (χ4n) is 3.41. The van der Waals surface area contributed by atoms with Crippen molar-refractivity contribution in [3.8, 4) is 5.75 Å². The molecule has 2 aromatic rings. The topological polar surface area (TPSA) is 200 Å². The van der Waals surface area contributed by atoms with E-state index in [2.05, 4.69) is 38.5 Å². The highest BCUT2D eigenvalue weighted by Crippen LogP contribution is 2.12. The molecule has 37 heavy (non-hydrogen) atoms. The van der Waals surface area contributed by atoms with E-state index >= 15 is 0 Å². The maximum atomic E-state index is 13.4. The summed E-state index contributed by atoms with van der Waals surface area (Å²) in [5.41, 5.74) is 7.21. The van der Waals surface area contributed by atoms with Crippen LogP contribution in [0.4, 0.5) is 0 Å². The summed E-state index contributed by atoms with van der Waals surface area (Å²) in [5, 5.41) is 26.5. The number of carbonyl (C=O) groups excluding carboxylic acids is 3. The van der Waals surface area contributed by atoms with E-state index in [-0.39, 0.29) is 30.3 Å². The average molecular weight is 535 g/mol. The third kappa shape index (κ3) is 9.10. The molecule has 0 saturated carbocycles. The number of aromatic amines is 1. The molecule has 0 fully saturated rings. The Morgan fingerprint density at radius 1 is 1.00 bits per heavy atom. The number of aromatic nitrogens is 2. The van der Waals surface area contributed by atoms with Gasteiger partial charge in [-0.25, -0.2) is 9.78 Å². The van der Waals surface area contributed by atoms with Crippen molar-refractivity contribution in [2.45, 2.75) is 57.3 Å². The van der Waals surface area contributed by atoms with E-state index < -0.39 is 47.9 Å². The molecular formula is C24H34N6O6S. The van der Waals surface area contributed by atoms with Crippen LogP contribution in [0, 0.1) is 5.92 Å². The second kappa shape index (κ2) is 14.2. The number of carboxylic acid groups (broad SMARTS) is 1. The molecule has 0 spiro atoms. The number of phenolic OH excluding ortho intramolecular Hbond substituents is 1. The first kappa shape index (κ1) is 29.6. The first-order valence-corrected chi connectivity index (χ1v) is 12.4. The minimum atomic E-state index is -1.28. The number of carbonyl (C=O) groups is 4. The highest BCUT2D eigenvalue weighted by atomic mass is 32.1. The van der Waals surface area contributed by atoms with Gasteiger partial charge in [0, 0.05) is 30.5 Å². The molecular weight excluding hydrogens is 500 g/mol. The van der Waals surface area contributed by atoms with Crippen molar-refractivity contribution in [2.75, 3.05) is 5.75 Å². The fourth-order valence-corrected chi connectivity index (χ4v) is 3.66. The Bertz CT molecular complexity index is 1050. The van der Waals surface area contributed by atoms with Crippen LogP contribution in [-0.4, -0.2) is 73.8 Å². The molecule has 1 aromatic carbocycles. The summed E-state index contributed by atoms with van der Waals surface area (Å²) in [7, 11) is 0. The van der Waals surface area contributed by atoms with Gasteiger partial charge in [-0.2, -0.15) is 12.6 Å². The third-order valence-corrected chi connectivity index (χ3v) is 6.34. The molecule has 3 amide bonds. The minimum absolute atomic E-state index is 0.00608. The lowest BCUT2D eigenvalue weighted by molar-refractivity contribution is -0.141. The highest BCUT2D eigenvalue weighted by molar-refractivity contribution is 7.80.